The van der Waals surface area contributed by atoms with Crippen LogP contribution in [0.4, 0.5) is 11.4 Å². The first kappa shape index (κ1) is 31.4. The number of nitrogens with zero attached hydrogens (tertiary/aromatic N) is 1. The van der Waals surface area contributed by atoms with Gasteiger partial charge in [-0.3, -0.25) is 0 Å². The standard InChI is InChI=1S/C52H36N2O/c1-3-13-34(14-4-1)41-26-23-35(30-47(41)53-40-16-5-2-6-17-40)36-24-27-44-43-19-9-11-21-48(43)54(50(44)31-36)49-32-39(29-38-15-7-8-18-42(38)49)37-25-28-46-45-20-10-12-22-51(45)55-52(46)33-37/h1-3,5-13,15-33,53H,4,14H2. The fraction of sp³-hybridized carbons (Fsp3) is 0.0385. The molecular weight excluding hydrogens is 669 g/mol. The molecule has 0 saturated heterocycles. The first-order chi connectivity index (χ1) is 27.2. The first-order valence-corrected chi connectivity index (χ1v) is 19.1. The SMILES string of the molecule is C1=CCCC(c2ccc(-c3ccc4c5ccccc5n(-c5cc(-c6ccc7c(c6)oc6ccccc67)cc6ccccc56)c4c3)cc2Nc2ccccc2)=C1. The number of fused-ring (bicyclic) bond motifs is 7. The average molecular weight is 705 g/mol. The van der Waals surface area contributed by atoms with Crippen molar-refractivity contribution in [2.24, 2.45) is 0 Å². The Bertz CT molecular complexity index is 3180. The van der Waals surface area contributed by atoms with Crippen molar-refractivity contribution in [1.82, 2.24) is 4.57 Å². The zero-order valence-corrected chi connectivity index (χ0v) is 30.2. The van der Waals surface area contributed by atoms with Crippen molar-refractivity contribution in [3.05, 3.63) is 194 Å². The summed E-state index contributed by atoms with van der Waals surface area (Å²) in [4.78, 5) is 0. The lowest BCUT2D eigenvalue weighted by atomic mass is 9.93. The summed E-state index contributed by atoms with van der Waals surface area (Å²) in [6.45, 7) is 0. The fourth-order valence-corrected chi connectivity index (χ4v) is 8.57. The van der Waals surface area contributed by atoms with Gasteiger partial charge >= 0.3 is 0 Å². The van der Waals surface area contributed by atoms with Crippen LogP contribution < -0.4 is 5.32 Å². The molecule has 10 aromatic rings. The molecule has 0 atom stereocenters. The van der Waals surface area contributed by atoms with E-state index in [9.17, 15) is 0 Å². The second kappa shape index (κ2) is 12.8. The maximum atomic E-state index is 6.34. The van der Waals surface area contributed by atoms with Crippen LogP contribution in [0.15, 0.2) is 193 Å². The summed E-state index contributed by atoms with van der Waals surface area (Å²) in [6.07, 6.45) is 8.78. The van der Waals surface area contributed by atoms with Crippen molar-refractivity contribution in [3.8, 4) is 27.9 Å². The molecule has 0 spiro atoms. The smallest absolute Gasteiger partial charge is 0.136 e. The molecular formula is C52H36N2O. The van der Waals surface area contributed by atoms with Gasteiger partial charge in [-0.1, -0.05) is 127 Å². The number of benzene rings is 8. The Labute approximate surface area is 319 Å². The van der Waals surface area contributed by atoms with Crippen molar-refractivity contribution in [3.63, 3.8) is 0 Å². The number of hydrogen-bond donors (Lipinski definition) is 1. The van der Waals surface area contributed by atoms with Crippen LogP contribution in [0.25, 0.3) is 88.0 Å². The van der Waals surface area contributed by atoms with Crippen LogP contribution in [-0.2, 0) is 0 Å². The molecule has 8 aromatic carbocycles. The van der Waals surface area contributed by atoms with E-state index in [2.05, 4.69) is 186 Å². The molecule has 11 rings (SSSR count). The maximum absolute atomic E-state index is 6.34. The van der Waals surface area contributed by atoms with Gasteiger partial charge in [-0.15, -0.1) is 0 Å². The van der Waals surface area contributed by atoms with Gasteiger partial charge in [-0.25, -0.2) is 0 Å². The van der Waals surface area contributed by atoms with Crippen molar-refractivity contribution in [2.75, 3.05) is 5.32 Å². The minimum atomic E-state index is 0.901. The van der Waals surface area contributed by atoms with Gasteiger partial charge in [0, 0.05) is 43.9 Å². The molecule has 0 radical (unpaired) electrons. The van der Waals surface area contributed by atoms with Gasteiger partial charge < -0.3 is 14.3 Å². The third kappa shape index (κ3) is 5.35. The van der Waals surface area contributed by atoms with E-state index in [0.29, 0.717) is 0 Å². The molecule has 0 saturated carbocycles. The number of para-hydroxylation sites is 3. The monoisotopic (exact) mass is 704 g/mol. The maximum Gasteiger partial charge on any atom is 0.136 e. The third-order valence-corrected chi connectivity index (χ3v) is 11.2. The van der Waals surface area contributed by atoms with Gasteiger partial charge in [0.05, 0.1) is 16.7 Å². The van der Waals surface area contributed by atoms with E-state index in [1.54, 1.807) is 0 Å². The highest BCUT2D eigenvalue weighted by Gasteiger charge is 2.18. The molecule has 3 nitrogen and oxygen atoms in total. The van der Waals surface area contributed by atoms with Gasteiger partial charge in [0.1, 0.15) is 11.2 Å². The Kier molecular flexibility index (Phi) is 7.31. The van der Waals surface area contributed by atoms with E-state index < -0.39 is 0 Å². The molecule has 1 aliphatic carbocycles. The molecule has 0 unspecified atom stereocenters. The normalized spacial score (nSPS) is 13.0. The third-order valence-electron chi connectivity index (χ3n) is 11.2. The summed E-state index contributed by atoms with van der Waals surface area (Å²) in [6, 6.07) is 61.4. The number of furan rings is 1. The molecule has 0 fully saturated rings. The van der Waals surface area contributed by atoms with Crippen molar-refractivity contribution < 1.29 is 4.42 Å². The summed E-state index contributed by atoms with van der Waals surface area (Å²) in [7, 11) is 0. The Balaban J connectivity index is 1.11. The van der Waals surface area contributed by atoms with E-state index in [1.807, 2.05) is 12.1 Å². The van der Waals surface area contributed by atoms with E-state index in [4.69, 9.17) is 4.42 Å². The van der Waals surface area contributed by atoms with Gasteiger partial charge in [0.15, 0.2) is 0 Å². The first-order valence-electron chi connectivity index (χ1n) is 19.1. The predicted molar refractivity (Wildman–Crippen MR) is 233 cm³/mol. The van der Waals surface area contributed by atoms with Gasteiger partial charge in [-0.05, 0) is 107 Å². The Hall–Kier alpha value is -7.10. The molecule has 55 heavy (non-hydrogen) atoms. The molecule has 0 amide bonds. The Morgan fingerprint density at radius 2 is 1.18 bits per heavy atom. The summed E-state index contributed by atoms with van der Waals surface area (Å²) in [5.41, 5.74) is 14.7. The number of nitrogens with one attached hydrogen (secondary N) is 1. The lowest BCUT2D eigenvalue weighted by Gasteiger charge is -2.18. The minimum absolute atomic E-state index is 0.901. The quantitative estimate of drug-likeness (QED) is 0.187. The zero-order chi connectivity index (χ0) is 36.3. The van der Waals surface area contributed by atoms with Crippen LogP contribution >= 0.6 is 0 Å². The molecule has 1 aliphatic rings. The van der Waals surface area contributed by atoms with Crippen LogP contribution in [0.2, 0.25) is 0 Å². The van der Waals surface area contributed by atoms with E-state index in [-0.39, 0.29) is 0 Å². The second-order valence-electron chi connectivity index (χ2n) is 14.5. The largest absolute Gasteiger partial charge is 0.456 e. The molecule has 0 aliphatic heterocycles. The highest BCUT2D eigenvalue weighted by molar-refractivity contribution is 6.12. The Morgan fingerprint density at radius 3 is 2.05 bits per heavy atom. The number of hydrogen-bond acceptors (Lipinski definition) is 2. The second-order valence-corrected chi connectivity index (χ2v) is 14.5. The highest BCUT2D eigenvalue weighted by Crippen LogP contribution is 2.41. The molecule has 2 heterocycles. The Morgan fingerprint density at radius 1 is 0.491 bits per heavy atom. The van der Waals surface area contributed by atoms with Crippen molar-refractivity contribution in [2.45, 2.75) is 12.8 Å². The molecule has 2 aromatic heterocycles. The van der Waals surface area contributed by atoms with Crippen LogP contribution in [0, 0.1) is 0 Å². The van der Waals surface area contributed by atoms with E-state index in [1.165, 1.54) is 54.8 Å². The van der Waals surface area contributed by atoms with Crippen LogP contribution in [0.5, 0.6) is 0 Å². The predicted octanol–water partition coefficient (Wildman–Crippen LogP) is 14.6. The molecule has 3 heteroatoms. The fourth-order valence-electron chi connectivity index (χ4n) is 8.57. The lowest BCUT2D eigenvalue weighted by molar-refractivity contribution is 0.669. The number of aromatic nitrogens is 1. The summed E-state index contributed by atoms with van der Waals surface area (Å²) < 4.78 is 8.81. The van der Waals surface area contributed by atoms with E-state index >= 15 is 0 Å². The number of anilines is 2. The van der Waals surface area contributed by atoms with Crippen LogP contribution in [-0.4, -0.2) is 4.57 Å². The van der Waals surface area contributed by atoms with E-state index in [0.717, 1.165) is 63.0 Å². The van der Waals surface area contributed by atoms with Crippen molar-refractivity contribution in [1.29, 1.82) is 0 Å². The summed E-state index contributed by atoms with van der Waals surface area (Å²) in [5, 5.41) is 10.9. The highest BCUT2D eigenvalue weighted by atomic mass is 16.3. The van der Waals surface area contributed by atoms with Crippen LogP contribution in [0.1, 0.15) is 18.4 Å². The topological polar surface area (TPSA) is 30.1 Å². The molecule has 260 valence electrons. The van der Waals surface area contributed by atoms with Gasteiger partial charge in [-0.2, -0.15) is 0 Å². The molecule has 1 N–H and O–H groups in total. The summed E-state index contributed by atoms with van der Waals surface area (Å²) >= 11 is 0. The minimum Gasteiger partial charge on any atom is -0.456 e. The number of rotatable bonds is 6. The lowest BCUT2D eigenvalue weighted by Crippen LogP contribution is -1.98. The average Bonchev–Trinajstić information content (AvgIpc) is 3.79. The molecule has 0 bridgehead atoms. The van der Waals surface area contributed by atoms with Gasteiger partial charge in [0.25, 0.3) is 0 Å². The zero-order valence-electron chi connectivity index (χ0n) is 30.2. The van der Waals surface area contributed by atoms with Crippen LogP contribution in [0.3, 0.4) is 0 Å². The van der Waals surface area contributed by atoms with Gasteiger partial charge in [0.2, 0.25) is 0 Å². The van der Waals surface area contributed by atoms with Crippen molar-refractivity contribution >= 4 is 71.5 Å². The number of allylic oxidation sites excluding steroid dienone is 4. The summed E-state index contributed by atoms with van der Waals surface area (Å²) in [5.74, 6) is 0.